The van der Waals surface area contributed by atoms with Crippen molar-refractivity contribution in [2.24, 2.45) is 23.2 Å². The van der Waals surface area contributed by atoms with Crippen molar-refractivity contribution in [1.82, 2.24) is 0 Å². The van der Waals surface area contributed by atoms with E-state index in [0.29, 0.717) is 17.3 Å². The summed E-state index contributed by atoms with van der Waals surface area (Å²) in [7, 11) is 0. The second kappa shape index (κ2) is 5.70. The number of hydrogen-bond donors (Lipinski definition) is 1. The van der Waals surface area contributed by atoms with Gasteiger partial charge in [0.05, 0.1) is 5.92 Å². The smallest absolute Gasteiger partial charge is 0.306 e. The van der Waals surface area contributed by atoms with Crippen LogP contribution in [0, 0.1) is 23.2 Å². The average molecular weight is 238 g/mol. The maximum atomic E-state index is 11.3. The van der Waals surface area contributed by atoms with Gasteiger partial charge in [-0.25, -0.2) is 0 Å². The lowest BCUT2D eigenvalue weighted by molar-refractivity contribution is -0.146. The summed E-state index contributed by atoms with van der Waals surface area (Å²) in [4.78, 5) is 11.3. The molecule has 0 spiro atoms. The lowest BCUT2D eigenvalue weighted by Gasteiger charge is -2.40. The van der Waals surface area contributed by atoms with E-state index >= 15 is 0 Å². The Labute approximate surface area is 105 Å². The van der Waals surface area contributed by atoms with Crippen molar-refractivity contribution >= 4 is 5.97 Å². The van der Waals surface area contributed by atoms with E-state index in [-0.39, 0.29) is 5.92 Å². The number of carboxylic acids is 1. The largest absolute Gasteiger partial charge is 0.481 e. The molecule has 17 heavy (non-hydrogen) atoms. The van der Waals surface area contributed by atoms with E-state index in [1.54, 1.807) is 0 Å². The number of carbonyl (C=O) groups is 1. The third kappa shape index (κ3) is 3.86. The predicted octanol–water partition coefficient (Wildman–Crippen LogP) is 4.12. The van der Waals surface area contributed by atoms with Crippen LogP contribution in [0.25, 0.3) is 0 Å². The fourth-order valence-electron chi connectivity index (χ4n) is 3.03. The summed E-state index contributed by atoms with van der Waals surface area (Å²) in [5.74, 6) is 0.261. The first-order valence-corrected chi connectivity index (χ1v) is 6.70. The van der Waals surface area contributed by atoms with E-state index in [2.05, 4.69) is 27.4 Å². The van der Waals surface area contributed by atoms with Crippen LogP contribution in [-0.2, 0) is 4.79 Å². The van der Waals surface area contributed by atoms with Crippen molar-refractivity contribution in [3.63, 3.8) is 0 Å². The molecule has 3 unspecified atom stereocenters. The average Bonchev–Trinajstić information content (AvgIpc) is 2.24. The van der Waals surface area contributed by atoms with E-state index in [1.807, 2.05) is 6.08 Å². The van der Waals surface area contributed by atoms with Crippen molar-refractivity contribution in [1.29, 1.82) is 0 Å². The fourth-order valence-corrected chi connectivity index (χ4v) is 3.03. The molecule has 1 aliphatic rings. The molecule has 1 rings (SSSR count). The minimum atomic E-state index is -0.605. The van der Waals surface area contributed by atoms with E-state index in [1.165, 1.54) is 0 Å². The van der Waals surface area contributed by atoms with Crippen LogP contribution in [0.5, 0.6) is 0 Å². The summed E-state index contributed by atoms with van der Waals surface area (Å²) in [5, 5.41) is 9.27. The van der Waals surface area contributed by atoms with E-state index in [0.717, 1.165) is 32.1 Å². The van der Waals surface area contributed by atoms with E-state index < -0.39 is 5.97 Å². The number of allylic oxidation sites excluding steroid dienone is 1. The van der Waals surface area contributed by atoms with Gasteiger partial charge in [-0.1, -0.05) is 26.8 Å². The highest BCUT2D eigenvalue weighted by Crippen LogP contribution is 2.44. The highest BCUT2D eigenvalue weighted by molar-refractivity contribution is 5.70. The summed E-state index contributed by atoms with van der Waals surface area (Å²) >= 11 is 0. The van der Waals surface area contributed by atoms with Gasteiger partial charge in [0.1, 0.15) is 0 Å². The molecule has 1 fully saturated rings. The lowest BCUT2D eigenvalue weighted by atomic mass is 9.64. The van der Waals surface area contributed by atoms with Gasteiger partial charge in [-0.2, -0.15) is 0 Å². The molecule has 1 aliphatic carbocycles. The van der Waals surface area contributed by atoms with Gasteiger partial charge in [0, 0.05) is 0 Å². The topological polar surface area (TPSA) is 37.3 Å². The highest BCUT2D eigenvalue weighted by Gasteiger charge is 2.38. The third-order valence-electron chi connectivity index (χ3n) is 4.27. The summed E-state index contributed by atoms with van der Waals surface area (Å²) < 4.78 is 0. The summed E-state index contributed by atoms with van der Waals surface area (Å²) in [6, 6.07) is 0. The molecule has 0 aliphatic heterocycles. The quantitative estimate of drug-likeness (QED) is 0.748. The van der Waals surface area contributed by atoms with E-state index in [9.17, 15) is 9.90 Å². The van der Waals surface area contributed by atoms with Crippen LogP contribution in [0.4, 0.5) is 0 Å². The van der Waals surface area contributed by atoms with Crippen LogP contribution < -0.4 is 0 Å². The number of hydrogen-bond acceptors (Lipinski definition) is 1. The second-order valence-electron chi connectivity index (χ2n) is 6.45. The van der Waals surface area contributed by atoms with E-state index in [4.69, 9.17) is 0 Å². The molecule has 0 aromatic rings. The Morgan fingerprint density at radius 3 is 2.53 bits per heavy atom. The molecule has 2 heteroatoms. The van der Waals surface area contributed by atoms with Crippen LogP contribution in [0.15, 0.2) is 12.7 Å². The Balaban J connectivity index is 2.69. The minimum absolute atomic E-state index is 0.131. The summed E-state index contributed by atoms with van der Waals surface area (Å²) in [6.07, 6.45) is 6.79. The Hall–Kier alpha value is -0.790. The molecule has 3 atom stereocenters. The SMILES string of the molecule is C=CCCC1CC(C(C)(C)C)CCC1C(=O)O. The zero-order chi connectivity index (χ0) is 13.1. The van der Waals surface area contributed by atoms with Gasteiger partial charge in [-0.05, 0) is 49.4 Å². The van der Waals surface area contributed by atoms with Gasteiger partial charge < -0.3 is 5.11 Å². The first kappa shape index (κ1) is 14.3. The first-order chi connectivity index (χ1) is 7.86. The molecule has 0 aromatic carbocycles. The molecular weight excluding hydrogens is 212 g/mol. The van der Waals surface area contributed by atoms with Crippen molar-refractivity contribution in [2.75, 3.05) is 0 Å². The zero-order valence-electron chi connectivity index (χ0n) is 11.4. The van der Waals surface area contributed by atoms with Gasteiger partial charge >= 0.3 is 5.97 Å². The van der Waals surface area contributed by atoms with Crippen molar-refractivity contribution in [3.8, 4) is 0 Å². The van der Waals surface area contributed by atoms with Gasteiger partial charge in [0.25, 0.3) is 0 Å². The molecule has 0 saturated heterocycles. The van der Waals surface area contributed by atoms with Crippen LogP contribution in [0.3, 0.4) is 0 Å². The molecule has 0 amide bonds. The maximum absolute atomic E-state index is 11.3. The normalized spacial score (nSPS) is 29.9. The molecular formula is C15H26O2. The Bertz CT molecular complexity index is 275. The lowest BCUT2D eigenvalue weighted by Crippen LogP contribution is -2.35. The number of rotatable bonds is 4. The van der Waals surface area contributed by atoms with Crippen molar-refractivity contribution in [3.05, 3.63) is 12.7 Å². The number of aliphatic carboxylic acids is 1. The van der Waals surface area contributed by atoms with Crippen molar-refractivity contribution in [2.45, 2.75) is 52.9 Å². The molecule has 0 radical (unpaired) electrons. The molecule has 0 heterocycles. The van der Waals surface area contributed by atoms with Crippen LogP contribution in [0.2, 0.25) is 0 Å². The Kier molecular flexibility index (Phi) is 4.79. The first-order valence-electron chi connectivity index (χ1n) is 6.70. The summed E-state index contributed by atoms with van der Waals surface area (Å²) in [6.45, 7) is 10.5. The summed E-state index contributed by atoms with van der Waals surface area (Å²) in [5.41, 5.74) is 0.301. The predicted molar refractivity (Wildman–Crippen MR) is 70.8 cm³/mol. The Morgan fingerprint density at radius 1 is 1.41 bits per heavy atom. The number of carboxylic acid groups (broad SMARTS) is 1. The minimum Gasteiger partial charge on any atom is -0.481 e. The monoisotopic (exact) mass is 238 g/mol. The van der Waals surface area contributed by atoms with Gasteiger partial charge in [0.15, 0.2) is 0 Å². The second-order valence-corrected chi connectivity index (χ2v) is 6.45. The zero-order valence-corrected chi connectivity index (χ0v) is 11.4. The van der Waals surface area contributed by atoms with Crippen LogP contribution in [0.1, 0.15) is 52.9 Å². The highest BCUT2D eigenvalue weighted by atomic mass is 16.4. The molecule has 98 valence electrons. The molecule has 1 saturated carbocycles. The molecule has 0 bridgehead atoms. The Morgan fingerprint density at radius 2 is 2.06 bits per heavy atom. The third-order valence-corrected chi connectivity index (χ3v) is 4.27. The van der Waals surface area contributed by atoms with Gasteiger partial charge in [-0.15, -0.1) is 6.58 Å². The van der Waals surface area contributed by atoms with Crippen LogP contribution in [-0.4, -0.2) is 11.1 Å². The maximum Gasteiger partial charge on any atom is 0.306 e. The molecule has 0 aromatic heterocycles. The van der Waals surface area contributed by atoms with Gasteiger partial charge in [0.2, 0.25) is 0 Å². The molecule has 2 nitrogen and oxygen atoms in total. The fraction of sp³-hybridized carbons (Fsp3) is 0.800. The van der Waals surface area contributed by atoms with Crippen LogP contribution >= 0.6 is 0 Å². The standard InChI is InChI=1S/C15H26O2/c1-5-6-7-11-10-12(15(2,3)4)8-9-13(11)14(16)17/h5,11-13H,1,6-10H2,2-4H3,(H,16,17). The van der Waals surface area contributed by atoms with Gasteiger partial charge in [-0.3, -0.25) is 4.79 Å². The molecule has 1 N–H and O–H groups in total. The van der Waals surface area contributed by atoms with Crippen molar-refractivity contribution < 1.29 is 9.90 Å².